The van der Waals surface area contributed by atoms with Crippen LogP contribution in [0, 0.1) is 0 Å². The third kappa shape index (κ3) is 5.27. The Morgan fingerprint density at radius 1 is 0.677 bits per heavy atom. The lowest BCUT2D eigenvalue weighted by Gasteiger charge is -2.05. The number of nitrogens with zero attached hydrogens (tertiary/aromatic N) is 7. The van der Waals surface area contributed by atoms with Gasteiger partial charge in [-0.2, -0.15) is 29.9 Å². The zero-order chi connectivity index (χ0) is 21.8. The summed E-state index contributed by atoms with van der Waals surface area (Å²) in [7, 11) is 0. The monoisotopic (exact) mass is 435 g/mol. The highest BCUT2D eigenvalue weighted by atomic mass is 32.1. The molecule has 31 heavy (non-hydrogen) atoms. The van der Waals surface area contributed by atoms with E-state index in [4.69, 9.17) is 22.9 Å². The summed E-state index contributed by atoms with van der Waals surface area (Å²) in [6, 6.07) is 11.2. The van der Waals surface area contributed by atoms with Crippen molar-refractivity contribution in [2.24, 2.45) is 4.99 Å². The fraction of sp³-hybridized carbons (Fsp3) is 0. The van der Waals surface area contributed by atoms with Crippen LogP contribution in [-0.2, 0) is 0 Å². The van der Waals surface area contributed by atoms with Gasteiger partial charge in [0.15, 0.2) is 0 Å². The lowest BCUT2D eigenvalue weighted by molar-refractivity contribution is 1.08. The van der Waals surface area contributed by atoms with Crippen molar-refractivity contribution in [2.75, 3.05) is 33.6 Å². The van der Waals surface area contributed by atoms with Gasteiger partial charge in [-0.05, 0) is 29.8 Å². The molecule has 13 nitrogen and oxygen atoms in total. The molecule has 14 heteroatoms. The second kappa shape index (κ2) is 8.42. The maximum Gasteiger partial charge on any atom is 0.234 e. The van der Waals surface area contributed by atoms with E-state index in [0.29, 0.717) is 0 Å². The molecule has 0 aliphatic carbocycles. The second-order valence-corrected chi connectivity index (χ2v) is 7.08. The summed E-state index contributed by atoms with van der Waals surface area (Å²) in [5.74, 6) is 0.728. The number of nitrogen functional groups attached to an aromatic ring is 4. The van der Waals surface area contributed by atoms with Crippen molar-refractivity contribution in [3.63, 3.8) is 0 Å². The van der Waals surface area contributed by atoms with Crippen LogP contribution >= 0.6 is 11.3 Å². The number of thiophene rings is 1. The molecule has 3 aromatic heterocycles. The van der Waals surface area contributed by atoms with Gasteiger partial charge in [-0.3, -0.25) is 0 Å². The second-order valence-electron chi connectivity index (χ2n) is 6.02. The largest absolute Gasteiger partial charge is 0.368 e. The molecule has 4 aromatic rings. The predicted molar refractivity (Wildman–Crippen MR) is 122 cm³/mol. The third-order valence-corrected chi connectivity index (χ3v) is 4.58. The van der Waals surface area contributed by atoms with E-state index < -0.39 is 0 Å². The molecule has 0 saturated heterocycles. The Morgan fingerprint density at radius 3 is 1.81 bits per heavy atom. The van der Waals surface area contributed by atoms with Crippen LogP contribution in [0.2, 0.25) is 0 Å². The molecule has 0 saturated carbocycles. The van der Waals surface area contributed by atoms with E-state index in [1.807, 2.05) is 36.4 Å². The molecular formula is C17H17N13S. The topological polar surface area (TPSA) is 218 Å². The summed E-state index contributed by atoms with van der Waals surface area (Å²) < 4.78 is 0. The SMILES string of the molecule is Nc1nc(N)nc(Nc2ccc(/C=N/c3ccc(Nc4nc(N)nc(N)n4)s3)cc2)n1. The van der Waals surface area contributed by atoms with E-state index in [0.717, 1.165) is 21.3 Å². The van der Waals surface area contributed by atoms with Crippen molar-refractivity contribution in [1.29, 1.82) is 0 Å². The van der Waals surface area contributed by atoms with Crippen LogP contribution < -0.4 is 33.6 Å². The van der Waals surface area contributed by atoms with Gasteiger partial charge >= 0.3 is 0 Å². The first kappa shape index (κ1) is 19.7. The maximum absolute atomic E-state index is 5.57. The van der Waals surface area contributed by atoms with Crippen LogP contribution in [0.5, 0.6) is 0 Å². The Bertz CT molecular complexity index is 1190. The van der Waals surface area contributed by atoms with E-state index in [1.165, 1.54) is 11.3 Å². The molecule has 3 heterocycles. The molecule has 0 aliphatic heterocycles. The number of aliphatic imine (C=N–C) groups is 1. The van der Waals surface area contributed by atoms with Crippen LogP contribution in [0.25, 0.3) is 0 Å². The van der Waals surface area contributed by atoms with Crippen LogP contribution in [0.3, 0.4) is 0 Å². The minimum Gasteiger partial charge on any atom is -0.368 e. The van der Waals surface area contributed by atoms with Crippen molar-refractivity contribution >= 4 is 68.9 Å². The van der Waals surface area contributed by atoms with Crippen molar-refractivity contribution in [1.82, 2.24) is 29.9 Å². The van der Waals surface area contributed by atoms with Crippen LogP contribution in [-0.4, -0.2) is 36.1 Å². The highest BCUT2D eigenvalue weighted by molar-refractivity contribution is 7.19. The van der Waals surface area contributed by atoms with Crippen molar-refractivity contribution in [2.45, 2.75) is 0 Å². The van der Waals surface area contributed by atoms with Gasteiger partial charge in [0.1, 0.15) is 5.00 Å². The molecule has 0 unspecified atom stereocenters. The first-order valence-electron chi connectivity index (χ1n) is 8.75. The Morgan fingerprint density at radius 2 is 1.23 bits per heavy atom. The number of anilines is 8. The van der Waals surface area contributed by atoms with Gasteiger partial charge in [0, 0.05) is 11.9 Å². The van der Waals surface area contributed by atoms with Crippen molar-refractivity contribution in [3.8, 4) is 0 Å². The normalized spacial score (nSPS) is 11.0. The van der Waals surface area contributed by atoms with Gasteiger partial charge in [0.25, 0.3) is 0 Å². The molecule has 10 N–H and O–H groups in total. The predicted octanol–water partition coefficient (Wildman–Crippen LogP) is 1.68. The maximum atomic E-state index is 5.57. The Kier molecular flexibility index (Phi) is 5.35. The summed E-state index contributed by atoms with van der Waals surface area (Å²) in [5, 5.41) is 7.61. The smallest absolute Gasteiger partial charge is 0.234 e. The Balaban J connectivity index is 1.39. The van der Waals surface area contributed by atoms with Gasteiger partial charge in [0.2, 0.25) is 35.7 Å². The number of hydrogen-bond acceptors (Lipinski definition) is 14. The molecule has 0 amide bonds. The molecule has 0 spiro atoms. The first-order valence-corrected chi connectivity index (χ1v) is 9.57. The summed E-state index contributed by atoms with van der Waals surface area (Å²) >= 11 is 1.42. The number of benzene rings is 1. The number of aromatic nitrogens is 6. The summed E-state index contributed by atoms with van der Waals surface area (Å²) in [4.78, 5) is 27.8. The average Bonchev–Trinajstić information content (AvgIpc) is 3.13. The lowest BCUT2D eigenvalue weighted by atomic mass is 10.2. The molecular weight excluding hydrogens is 418 g/mol. The third-order valence-electron chi connectivity index (χ3n) is 3.67. The molecule has 0 aliphatic rings. The van der Waals surface area contributed by atoms with E-state index in [2.05, 4.69) is 45.5 Å². The minimum atomic E-state index is 0.0465. The zero-order valence-electron chi connectivity index (χ0n) is 15.9. The van der Waals surface area contributed by atoms with Crippen molar-refractivity contribution in [3.05, 3.63) is 42.0 Å². The van der Waals surface area contributed by atoms with Gasteiger partial charge in [-0.1, -0.05) is 23.5 Å². The standard InChI is InChI=1S/C17H17N13S/c18-12-25-13(19)28-16(27-12)23-9-3-1-8(2-4-9)7-22-10-5-6-11(31-10)24-17-29-14(20)26-15(21)30-17/h1-7H,(H5,18,19,23,25,27,28)(H5,20,21,24,26,29,30)/b22-7+. The van der Waals surface area contributed by atoms with E-state index in [9.17, 15) is 0 Å². The first-order chi connectivity index (χ1) is 14.9. The number of nitrogens with two attached hydrogens (primary N) is 4. The molecule has 156 valence electrons. The van der Waals surface area contributed by atoms with Gasteiger partial charge in [0.05, 0.1) is 5.00 Å². The average molecular weight is 435 g/mol. The zero-order valence-corrected chi connectivity index (χ0v) is 16.7. The quantitative estimate of drug-likeness (QED) is 0.238. The molecule has 0 radical (unpaired) electrons. The number of hydrogen-bond donors (Lipinski definition) is 6. The van der Waals surface area contributed by atoms with Crippen LogP contribution in [0.15, 0.2) is 41.4 Å². The molecule has 0 bridgehead atoms. The number of rotatable bonds is 6. The molecule has 1 aromatic carbocycles. The fourth-order valence-electron chi connectivity index (χ4n) is 2.42. The van der Waals surface area contributed by atoms with E-state index in [-0.39, 0.29) is 35.7 Å². The Hall–Kier alpha value is -4.59. The summed E-state index contributed by atoms with van der Waals surface area (Å²) in [6.45, 7) is 0. The highest BCUT2D eigenvalue weighted by Crippen LogP contribution is 2.30. The fourth-order valence-corrected chi connectivity index (χ4v) is 3.17. The summed E-state index contributed by atoms with van der Waals surface area (Å²) in [5.41, 5.74) is 23.9. The molecule has 4 rings (SSSR count). The minimum absolute atomic E-state index is 0.0465. The Labute approximate surface area is 179 Å². The van der Waals surface area contributed by atoms with E-state index in [1.54, 1.807) is 6.21 Å². The van der Waals surface area contributed by atoms with E-state index >= 15 is 0 Å². The van der Waals surface area contributed by atoms with Crippen LogP contribution in [0.1, 0.15) is 5.56 Å². The number of nitrogens with one attached hydrogen (secondary N) is 2. The highest BCUT2D eigenvalue weighted by Gasteiger charge is 2.05. The summed E-state index contributed by atoms with van der Waals surface area (Å²) in [6.07, 6.45) is 1.75. The van der Waals surface area contributed by atoms with Crippen molar-refractivity contribution < 1.29 is 0 Å². The molecule has 0 atom stereocenters. The van der Waals surface area contributed by atoms with Crippen LogP contribution in [0.4, 0.5) is 51.4 Å². The van der Waals surface area contributed by atoms with Gasteiger partial charge in [-0.25, -0.2) is 4.99 Å². The van der Waals surface area contributed by atoms with Gasteiger partial charge < -0.3 is 33.6 Å². The van der Waals surface area contributed by atoms with Gasteiger partial charge in [-0.15, -0.1) is 0 Å². The molecule has 0 fully saturated rings. The lowest BCUT2D eigenvalue weighted by Crippen LogP contribution is -2.06.